The van der Waals surface area contributed by atoms with Crippen LogP contribution in [0.15, 0.2) is 17.2 Å². The molecule has 0 fully saturated rings. The number of carboxylic acid groups (broad SMARTS) is 1. The van der Waals surface area contributed by atoms with Crippen molar-refractivity contribution in [1.82, 2.24) is 9.97 Å². The van der Waals surface area contributed by atoms with Crippen molar-refractivity contribution < 1.29 is 9.90 Å². The van der Waals surface area contributed by atoms with Crippen LogP contribution in [0.2, 0.25) is 0 Å². The quantitative estimate of drug-likeness (QED) is 0.541. The number of nitrogens with one attached hydrogen (secondary N) is 1. The van der Waals surface area contributed by atoms with Gasteiger partial charge in [0.15, 0.2) is 0 Å². The number of rotatable bonds is 3. The fraction of sp³-hybridized carbons (Fsp3) is 0.286. The van der Waals surface area contributed by atoms with E-state index in [9.17, 15) is 9.59 Å². The molecule has 70 valence electrons. The molecular weight excluding hydrogens is 174 g/mol. The topological polar surface area (TPSA) is 109 Å². The van der Waals surface area contributed by atoms with Gasteiger partial charge in [0.2, 0.25) is 0 Å². The lowest BCUT2D eigenvalue weighted by Gasteiger charge is -2.03. The number of aromatic amines is 1. The van der Waals surface area contributed by atoms with E-state index in [-0.39, 0.29) is 12.0 Å². The van der Waals surface area contributed by atoms with E-state index in [4.69, 9.17) is 10.8 Å². The van der Waals surface area contributed by atoms with E-state index in [0.29, 0.717) is 5.69 Å². The first kappa shape index (κ1) is 9.40. The minimum Gasteiger partial charge on any atom is -0.480 e. The lowest BCUT2D eigenvalue weighted by molar-refractivity contribution is -0.138. The van der Waals surface area contributed by atoms with Crippen LogP contribution < -0.4 is 11.3 Å². The lowest BCUT2D eigenvalue weighted by atomic mass is 10.2. The number of nitrogens with zero attached hydrogens (tertiary/aromatic N) is 1. The Kier molecular flexibility index (Phi) is 2.76. The molecule has 1 aromatic rings. The first-order chi connectivity index (χ1) is 6.09. The second-order valence-electron chi connectivity index (χ2n) is 2.55. The van der Waals surface area contributed by atoms with Gasteiger partial charge in [-0.2, -0.15) is 0 Å². The highest BCUT2D eigenvalue weighted by Crippen LogP contribution is 1.93. The zero-order valence-corrected chi connectivity index (χ0v) is 6.73. The zero-order valence-electron chi connectivity index (χ0n) is 6.73. The Labute approximate surface area is 73.4 Å². The molecule has 6 heteroatoms. The molecule has 0 amide bonds. The number of carbonyl (C=O) groups is 1. The van der Waals surface area contributed by atoms with Gasteiger partial charge in [-0.25, -0.2) is 4.98 Å². The van der Waals surface area contributed by atoms with Gasteiger partial charge in [0, 0.05) is 18.2 Å². The van der Waals surface area contributed by atoms with Gasteiger partial charge in [-0.1, -0.05) is 0 Å². The normalized spacial score (nSPS) is 12.4. The van der Waals surface area contributed by atoms with Gasteiger partial charge in [-0.05, 0) is 0 Å². The summed E-state index contributed by atoms with van der Waals surface area (Å²) in [5, 5.41) is 8.47. The van der Waals surface area contributed by atoms with E-state index < -0.39 is 12.0 Å². The van der Waals surface area contributed by atoms with Gasteiger partial charge in [0.1, 0.15) is 6.04 Å². The van der Waals surface area contributed by atoms with Crippen LogP contribution in [0.1, 0.15) is 5.69 Å². The van der Waals surface area contributed by atoms with E-state index in [1.165, 1.54) is 12.4 Å². The van der Waals surface area contributed by atoms with Gasteiger partial charge in [0.05, 0.1) is 6.33 Å². The Hall–Kier alpha value is -1.69. The Morgan fingerprint density at radius 2 is 2.46 bits per heavy atom. The van der Waals surface area contributed by atoms with Crippen molar-refractivity contribution in [3.05, 3.63) is 28.4 Å². The fourth-order valence-corrected chi connectivity index (χ4v) is 0.833. The Morgan fingerprint density at radius 1 is 1.77 bits per heavy atom. The molecule has 0 spiro atoms. The fourth-order valence-electron chi connectivity index (χ4n) is 0.833. The van der Waals surface area contributed by atoms with Gasteiger partial charge in [0.25, 0.3) is 5.56 Å². The summed E-state index contributed by atoms with van der Waals surface area (Å²) in [6.07, 6.45) is 1.27. The van der Waals surface area contributed by atoms with Crippen LogP contribution in [0.4, 0.5) is 0 Å². The molecule has 1 heterocycles. The minimum atomic E-state index is -1.11. The summed E-state index contributed by atoms with van der Waals surface area (Å²) < 4.78 is 0. The Morgan fingerprint density at radius 3 is 3.00 bits per heavy atom. The molecule has 0 saturated heterocycles. The third-order valence-electron chi connectivity index (χ3n) is 1.48. The molecule has 4 N–H and O–H groups in total. The van der Waals surface area contributed by atoms with Crippen molar-refractivity contribution in [2.45, 2.75) is 12.5 Å². The first-order valence-electron chi connectivity index (χ1n) is 3.61. The molecular formula is C7H9N3O3. The number of H-pyrrole nitrogens is 1. The third-order valence-corrected chi connectivity index (χ3v) is 1.48. The maximum Gasteiger partial charge on any atom is 0.320 e. The number of hydrogen-bond donors (Lipinski definition) is 3. The largest absolute Gasteiger partial charge is 0.480 e. The van der Waals surface area contributed by atoms with Crippen LogP contribution in [-0.4, -0.2) is 27.1 Å². The molecule has 1 rings (SSSR count). The monoisotopic (exact) mass is 183 g/mol. The summed E-state index contributed by atoms with van der Waals surface area (Å²) in [5.74, 6) is -1.11. The smallest absolute Gasteiger partial charge is 0.320 e. The zero-order chi connectivity index (χ0) is 9.84. The molecule has 0 aliphatic heterocycles. The van der Waals surface area contributed by atoms with E-state index in [0.717, 1.165) is 0 Å². The highest BCUT2D eigenvalue weighted by Gasteiger charge is 2.12. The molecule has 0 bridgehead atoms. The number of carboxylic acids is 1. The Balaban J connectivity index is 2.75. The van der Waals surface area contributed by atoms with Crippen LogP contribution >= 0.6 is 0 Å². The molecule has 6 nitrogen and oxygen atoms in total. The average Bonchev–Trinajstić information content (AvgIpc) is 2.04. The minimum absolute atomic E-state index is 0.0548. The lowest BCUT2D eigenvalue weighted by Crippen LogP contribution is -2.32. The van der Waals surface area contributed by atoms with Gasteiger partial charge >= 0.3 is 5.97 Å². The van der Waals surface area contributed by atoms with Crippen molar-refractivity contribution in [3.8, 4) is 0 Å². The molecule has 0 radical (unpaired) electrons. The van der Waals surface area contributed by atoms with Crippen molar-refractivity contribution in [1.29, 1.82) is 0 Å². The van der Waals surface area contributed by atoms with Crippen LogP contribution in [0.3, 0.4) is 0 Å². The molecule has 13 heavy (non-hydrogen) atoms. The summed E-state index contributed by atoms with van der Waals surface area (Å²) in [6, 6.07) is 0.206. The highest BCUT2D eigenvalue weighted by molar-refractivity contribution is 5.73. The van der Waals surface area contributed by atoms with E-state index >= 15 is 0 Å². The highest BCUT2D eigenvalue weighted by atomic mass is 16.4. The molecule has 1 aromatic heterocycles. The van der Waals surface area contributed by atoms with Gasteiger partial charge < -0.3 is 15.8 Å². The standard InChI is InChI=1S/C7H9N3O3/c8-5(7(12)13)1-4-2-6(11)10-3-9-4/h2-3,5H,1,8H2,(H,12,13)(H,9,10,11)/t5-/m0/s1. The average molecular weight is 183 g/mol. The summed E-state index contributed by atoms with van der Waals surface area (Å²) in [6.45, 7) is 0. The Bertz CT molecular complexity index is 360. The van der Waals surface area contributed by atoms with E-state index in [2.05, 4.69) is 9.97 Å². The summed E-state index contributed by atoms with van der Waals surface area (Å²) in [4.78, 5) is 27.2. The molecule has 1 atom stereocenters. The SMILES string of the molecule is N[C@@H](Cc1cc(=O)[nH]cn1)C(=O)O. The number of aliphatic carboxylic acids is 1. The van der Waals surface area contributed by atoms with E-state index in [1.807, 2.05) is 0 Å². The van der Waals surface area contributed by atoms with Crippen LogP contribution in [-0.2, 0) is 11.2 Å². The third kappa shape index (κ3) is 2.68. The predicted octanol–water partition coefficient (Wildman–Crippen LogP) is -1.28. The van der Waals surface area contributed by atoms with Crippen LogP contribution in [0, 0.1) is 0 Å². The number of hydrogen-bond acceptors (Lipinski definition) is 4. The molecule has 0 unspecified atom stereocenters. The van der Waals surface area contributed by atoms with Gasteiger partial charge in [-0.3, -0.25) is 9.59 Å². The number of nitrogens with two attached hydrogens (primary N) is 1. The second-order valence-corrected chi connectivity index (χ2v) is 2.55. The van der Waals surface area contributed by atoms with E-state index in [1.54, 1.807) is 0 Å². The van der Waals surface area contributed by atoms with Crippen molar-refractivity contribution in [2.75, 3.05) is 0 Å². The van der Waals surface area contributed by atoms with Crippen LogP contribution in [0.25, 0.3) is 0 Å². The van der Waals surface area contributed by atoms with Crippen molar-refractivity contribution in [2.24, 2.45) is 5.73 Å². The molecule has 0 aliphatic rings. The summed E-state index contributed by atoms with van der Waals surface area (Å²) in [5.41, 5.74) is 5.30. The maximum absolute atomic E-state index is 10.8. The first-order valence-corrected chi connectivity index (χ1v) is 3.61. The molecule has 0 saturated carbocycles. The number of aromatic nitrogens is 2. The van der Waals surface area contributed by atoms with Crippen molar-refractivity contribution >= 4 is 5.97 Å². The second kappa shape index (κ2) is 3.81. The maximum atomic E-state index is 10.8. The summed E-state index contributed by atoms with van der Waals surface area (Å²) >= 11 is 0. The van der Waals surface area contributed by atoms with Gasteiger partial charge in [-0.15, -0.1) is 0 Å². The van der Waals surface area contributed by atoms with Crippen molar-refractivity contribution in [3.63, 3.8) is 0 Å². The summed E-state index contributed by atoms with van der Waals surface area (Å²) in [7, 11) is 0. The predicted molar refractivity (Wildman–Crippen MR) is 44.2 cm³/mol. The molecule has 0 aromatic carbocycles. The molecule has 0 aliphatic carbocycles. The van der Waals surface area contributed by atoms with Crippen LogP contribution in [0.5, 0.6) is 0 Å².